The zero-order chi connectivity index (χ0) is 27.1. The molecule has 0 saturated heterocycles. The van der Waals surface area contributed by atoms with Crippen LogP contribution in [0.5, 0.6) is 11.5 Å². The second-order valence-electron chi connectivity index (χ2n) is 13.0. The molecule has 0 bridgehead atoms. The summed E-state index contributed by atoms with van der Waals surface area (Å²) in [6.07, 6.45) is 11.3. The molecule has 40 heavy (non-hydrogen) atoms. The molecule has 2 aromatic heterocycles. The Morgan fingerprint density at radius 2 is 1.75 bits per heavy atom. The number of hydrogen-bond acceptors (Lipinski definition) is 5. The predicted molar refractivity (Wildman–Crippen MR) is 154 cm³/mol. The van der Waals surface area contributed by atoms with Gasteiger partial charge in [0, 0.05) is 16.5 Å². The van der Waals surface area contributed by atoms with Crippen molar-refractivity contribution in [3.05, 3.63) is 83.8 Å². The average molecular weight is 533 g/mol. The second-order valence-corrected chi connectivity index (χ2v) is 13.0. The molecule has 204 valence electrons. The number of aliphatic hydroxyl groups excluding tert-OH is 1. The van der Waals surface area contributed by atoms with Crippen LogP contribution in [0.4, 0.5) is 0 Å². The molecule has 6 heteroatoms. The Morgan fingerprint density at radius 3 is 2.62 bits per heavy atom. The molecule has 0 spiro atoms. The third-order valence-corrected chi connectivity index (χ3v) is 11.0. The van der Waals surface area contributed by atoms with Crippen LogP contribution < -0.4 is 4.74 Å². The summed E-state index contributed by atoms with van der Waals surface area (Å²) in [6.45, 7) is 4.96. The van der Waals surface area contributed by atoms with Gasteiger partial charge in [-0.05, 0) is 92.4 Å². The molecule has 2 saturated carbocycles. The fourth-order valence-electron chi connectivity index (χ4n) is 9.02. The molecule has 0 unspecified atom stereocenters. The van der Waals surface area contributed by atoms with Crippen molar-refractivity contribution in [1.82, 2.24) is 19.6 Å². The Balaban J connectivity index is 1.22. The van der Waals surface area contributed by atoms with Crippen molar-refractivity contribution in [2.45, 2.75) is 70.3 Å². The van der Waals surface area contributed by atoms with Crippen LogP contribution in [0.15, 0.2) is 72.6 Å². The van der Waals surface area contributed by atoms with E-state index in [0.29, 0.717) is 23.5 Å². The van der Waals surface area contributed by atoms with Crippen molar-refractivity contribution < 1.29 is 9.84 Å². The quantitative estimate of drug-likeness (QED) is 0.290. The summed E-state index contributed by atoms with van der Waals surface area (Å²) in [5, 5.41) is 15.1. The third kappa shape index (κ3) is 3.48. The van der Waals surface area contributed by atoms with E-state index in [4.69, 9.17) is 9.72 Å². The molecule has 4 aliphatic carbocycles. The highest BCUT2D eigenvalue weighted by molar-refractivity contribution is 5.70. The van der Waals surface area contributed by atoms with Gasteiger partial charge in [-0.1, -0.05) is 55.8 Å². The summed E-state index contributed by atoms with van der Waals surface area (Å²) in [6, 6.07) is 18.3. The van der Waals surface area contributed by atoms with Gasteiger partial charge in [-0.25, -0.2) is 4.98 Å². The lowest BCUT2D eigenvalue weighted by Crippen LogP contribution is -2.51. The molecule has 2 heterocycles. The first-order chi connectivity index (χ1) is 19.4. The number of hydrogen-bond donors (Lipinski definition) is 1. The van der Waals surface area contributed by atoms with Crippen LogP contribution in [0, 0.1) is 23.2 Å². The van der Waals surface area contributed by atoms with Gasteiger partial charge in [0.15, 0.2) is 0 Å². The van der Waals surface area contributed by atoms with Gasteiger partial charge in [-0.2, -0.15) is 14.6 Å². The summed E-state index contributed by atoms with van der Waals surface area (Å²) in [5.74, 6) is 4.12. The monoisotopic (exact) mass is 532 g/mol. The lowest BCUT2D eigenvalue weighted by Gasteiger charge is -2.57. The van der Waals surface area contributed by atoms with Crippen LogP contribution in [0.3, 0.4) is 0 Å². The zero-order valence-electron chi connectivity index (χ0n) is 23.3. The van der Waals surface area contributed by atoms with E-state index < -0.39 is 0 Å². The normalized spacial score (nSPS) is 32.5. The standard InChI is InChI=1S/C34H36N4O2/c1-33-15-13-23(39)18-22(33)11-12-26-28(33)14-16-34(2)29(26)19-27-30(38-32(35-20-36-38)37-31(27)34)21-7-6-10-25(17-21)40-24-8-4-3-5-9-24/h3-11,17,20,23,26,28-29,39H,12-16,18-19H2,1-2H3/t23-,26+,28-,29-,33-,34-/m0/s1. The summed E-state index contributed by atoms with van der Waals surface area (Å²) >= 11 is 0. The minimum absolute atomic E-state index is 0.0208. The van der Waals surface area contributed by atoms with Gasteiger partial charge in [0.1, 0.15) is 17.8 Å². The van der Waals surface area contributed by atoms with Gasteiger partial charge in [-0.3, -0.25) is 0 Å². The Labute approximate surface area is 235 Å². The van der Waals surface area contributed by atoms with E-state index in [2.05, 4.69) is 48.2 Å². The van der Waals surface area contributed by atoms with Crippen LogP contribution in [0.25, 0.3) is 17.0 Å². The van der Waals surface area contributed by atoms with Crippen molar-refractivity contribution in [1.29, 1.82) is 0 Å². The topological polar surface area (TPSA) is 72.5 Å². The Bertz CT molecular complexity index is 1640. The number of allylic oxidation sites excluding steroid dienone is 1. The van der Waals surface area contributed by atoms with E-state index in [1.54, 1.807) is 6.33 Å². The predicted octanol–water partition coefficient (Wildman–Crippen LogP) is 6.92. The van der Waals surface area contributed by atoms with Crippen LogP contribution in [-0.2, 0) is 11.8 Å². The number of fused-ring (bicyclic) bond motifs is 8. The summed E-state index contributed by atoms with van der Waals surface area (Å²) in [5.41, 5.74) is 6.48. The van der Waals surface area contributed by atoms with Gasteiger partial charge in [0.2, 0.25) is 0 Å². The molecule has 0 radical (unpaired) electrons. The van der Waals surface area contributed by atoms with Crippen molar-refractivity contribution in [2.24, 2.45) is 23.2 Å². The van der Waals surface area contributed by atoms with Gasteiger partial charge >= 0.3 is 0 Å². The van der Waals surface area contributed by atoms with Gasteiger partial charge in [0.25, 0.3) is 5.78 Å². The molecule has 0 amide bonds. The molecule has 0 aliphatic heterocycles. The lowest BCUT2D eigenvalue weighted by atomic mass is 9.48. The Kier molecular flexibility index (Phi) is 5.31. The molecule has 4 aromatic rings. The number of aliphatic hydroxyl groups is 1. The van der Waals surface area contributed by atoms with Crippen LogP contribution in [-0.4, -0.2) is 30.8 Å². The molecule has 4 aliphatic rings. The Hall–Kier alpha value is -3.51. The van der Waals surface area contributed by atoms with Crippen LogP contribution >= 0.6 is 0 Å². The highest BCUT2D eigenvalue weighted by Gasteiger charge is 2.58. The van der Waals surface area contributed by atoms with E-state index >= 15 is 0 Å². The van der Waals surface area contributed by atoms with E-state index in [9.17, 15) is 5.11 Å². The first-order valence-electron chi connectivity index (χ1n) is 14.9. The maximum absolute atomic E-state index is 10.4. The maximum atomic E-state index is 10.4. The number of aromatic nitrogens is 4. The number of nitrogens with zero attached hydrogens (tertiary/aromatic N) is 4. The zero-order valence-corrected chi connectivity index (χ0v) is 23.3. The summed E-state index contributed by atoms with van der Waals surface area (Å²) in [7, 11) is 0. The minimum Gasteiger partial charge on any atom is -0.457 e. The maximum Gasteiger partial charge on any atom is 0.252 e. The number of para-hydroxylation sites is 1. The first-order valence-corrected chi connectivity index (χ1v) is 14.9. The van der Waals surface area contributed by atoms with E-state index in [1.165, 1.54) is 23.3 Å². The second kappa shape index (κ2) is 8.74. The fourth-order valence-corrected chi connectivity index (χ4v) is 9.02. The molecular weight excluding hydrogens is 496 g/mol. The SMILES string of the molecule is C[C@]12CC[C@H](O)CC1=CC[C@@H]1[C@@H]2CC[C@]2(C)c3nc4ncnn4c(-c4cccc(Oc5ccccc5)c4)c3C[C@@H]12. The average Bonchev–Trinajstić information content (AvgIpc) is 3.55. The molecule has 8 rings (SSSR count). The Morgan fingerprint density at radius 1 is 0.925 bits per heavy atom. The highest BCUT2D eigenvalue weighted by Crippen LogP contribution is 2.64. The minimum atomic E-state index is -0.169. The number of ether oxygens (including phenoxy) is 1. The summed E-state index contributed by atoms with van der Waals surface area (Å²) in [4.78, 5) is 9.78. The molecule has 1 N–H and O–H groups in total. The highest BCUT2D eigenvalue weighted by atomic mass is 16.5. The van der Waals surface area contributed by atoms with Crippen molar-refractivity contribution in [2.75, 3.05) is 0 Å². The molecular formula is C34H36N4O2. The van der Waals surface area contributed by atoms with E-state index in [1.807, 2.05) is 40.9 Å². The van der Waals surface area contributed by atoms with Crippen molar-refractivity contribution in [3.63, 3.8) is 0 Å². The molecule has 2 aromatic carbocycles. The summed E-state index contributed by atoms with van der Waals surface area (Å²) < 4.78 is 8.15. The van der Waals surface area contributed by atoms with Gasteiger partial charge in [0.05, 0.1) is 17.5 Å². The van der Waals surface area contributed by atoms with Crippen molar-refractivity contribution >= 4 is 5.78 Å². The van der Waals surface area contributed by atoms with E-state index in [-0.39, 0.29) is 16.9 Å². The molecule has 6 atom stereocenters. The van der Waals surface area contributed by atoms with Gasteiger partial charge < -0.3 is 9.84 Å². The molecule has 6 nitrogen and oxygen atoms in total. The van der Waals surface area contributed by atoms with Crippen LogP contribution in [0.1, 0.15) is 63.6 Å². The van der Waals surface area contributed by atoms with E-state index in [0.717, 1.165) is 61.3 Å². The number of benzene rings is 2. The number of rotatable bonds is 3. The largest absolute Gasteiger partial charge is 0.457 e. The molecule has 2 fully saturated rings. The van der Waals surface area contributed by atoms with Crippen LogP contribution in [0.2, 0.25) is 0 Å². The lowest BCUT2D eigenvalue weighted by molar-refractivity contribution is -0.0169. The fraction of sp³-hybridized carbons (Fsp3) is 0.441. The smallest absolute Gasteiger partial charge is 0.252 e. The van der Waals surface area contributed by atoms with Crippen molar-refractivity contribution in [3.8, 4) is 22.8 Å². The van der Waals surface area contributed by atoms with Gasteiger partial charge in [-0.15, -0.1) is 0 Å². The third-order valence-electron chi connectivity index (χ3n) is 11.0. The first kappa shape index (κ1) is 24.3.